The Hall–Kier alpha value is -2.86. The summed E-state index contributed by atoms with van der Waals surface area (Å²) < 4.78 is 0. The summed E-state index contributed by atoms with van der Waals surface area (Å²) in [5.41, 5.74) is 4.88. The van der Waals surface area contributed by atoms with E-state index in [9.17, 15) is 9.59 Å². The van der Waals surface area contributed by atoms with Crippen LogP contribution >= 0.6 is 0 Å². The summed E-state index contributed by atoms with van der Waals surface area (Å²) >= 11 is 0. The van der Waals surface area contributed by atoms with Crippen molar-refractivity contribution in [1.29, 1.82) is 0 Å². The maximum absolute atomic E-state index is 12.9. The second-order valence-electron chi connectivity index (χ2n) is 10.4. The molecule has 0 spiro atoms. The van der Waals surface area contributed by atoms with Crippen molar-refractivity contribution in [2.45, 2.75) is 59.4 Å². The Morgan fingerprint density at radius 2 is 1.64 bits per heavy atom. The van der Waals surface area contributed by atoms with Gasteiger partial charge in [-0.1, -0.05) is 17.7 Å². The molecule has 4 rings (SSSR count). The molecule has 1 atom stereocenters. The minimum atomic E-state index is -0.0691. The maximum Gasteiger partial charge on any atom is 0.255 e. The van der Waals surface area contributed by atoms with Gasteiger partial charge in [0.1, 0.15) is 0 Å². The van der Waals surface area contributed by atoms with E-state index in [1.54, 1.807) is 0 Å². The summed E-state index contributed by atoms with van der Waals surface area (Å²) in [5, 5.41) is 3.03. The molecule has 2 amide bonds. The molecule has 2 heterocycles. The molecule has 1 N–H and O–H groups in total. The third-order valence-electron chi connectivity index (χ3n) is 7.97. The lowest BCUT2D eigenvalue weighted by Gasteiger charge is -2.43. The highest BCUT2D eigenvalue weighted by Crippen LogP contribution is 2.28. The molecule has 0 bridgehead atoms. The van der Waals surface area contributed by atoms with Gasteiger partial charge in [0.25, 0.3) is 5.91 Å². The highest BCUT2D eigenvalue weighted by molar-refractivity contribution is 6.05. The zero-order chi connectivity index (χ0) is 25.7. The number of anilines is 2. The fraction of sp³-hybridized carbons (Fsp3) is 0.533. The van der Waals surface area contributed by atoms with E-state index in [0.29, 0.717) is 17.5 Å². The minimum Gasteiger partial charge on any atom is -0.371 e. The highest BCUT2D eigenvalue weighted by Gasteiger charge is 2.33. The van der Waals surface area contributed by atoms with Crippen LogP contribution in [0.25, 0.3) is 0 Å². The predicted octanol–water partition coefficient (Wildman–Crippen LogP) is 5.10. The molecule has 2 aliphatic rings. The molecule has 2 fully saturated rings. The predicted molar refractivity (Wildman–Crippen MR) is 148 cm³/mol. The lowest BCUT2D eigenvalue weighted by atomic mass is 9.92. The molecule has 0 radical (unpaired) electrons. The van der Waals surface area contributed by atoms with Crippen molar-refractivity contribution in [3.8, 4) is 0 Å². The number of carbonyl (C=O) groups excluding carboxylic acids is 2. The monoisotopic (exact) mass is 490 g/mol. The molecule has 0 saturated carbocycles. The van der Waals surface area contributed by atoms with E-state index >= 15 is 0 Å². The molecule has 6 nitrogen and oxygen atoms in total. The van der Waals surface area contributed by atoms with Crippen LogP contribution in [0.2, 0.25) is 0 Å². The van der Waals surface area contributed by atoms with Crippen LogP contribution in [-0.4, -0.2) is 66.9 Å². The fourth-order valence-corrected chi connectivity index (χ4v) is 5.84. The Balaban J connectivity index is 1.29. The van der Waals surface area contributed by atoms with E-state index in [1.165, 1.54) is 5.69 Å². The lowest BCUT2D eigenvalue weighted by Crippen LogP contribution is -2.51. The van der Waals surface area contributed by atoms with E-state index in [2.05, 4.69) is 41.1 Å². The van der Waals surface area contributed by atoms with Crippen molar-refractivity contribution in [3.63, 3.8) is 0 Å². The average molecular weight is 491 g/mol. The van der Waals surface area contributed by atoms with E-state index < -0.39 is 0 Å². The van der Waals surface area contributed by atoms with Gasteiger partial charge in [0.05, 0.1) is 5.92 Å². The summed E-state index contributed by atoms with van der Waals surface area (Å²) in [6.45, 7) is 13.8. The van der Waals surface area contributed by atoms with Crippen LogP contribution < -0.4 is 10.2 Å². The molecular formula is C30H42N4O2. The first kappa shape index (κ1) is 26.2. The van der Waals surface area contributed by atoms with E-state index in [0.717, 1.165) is 81.8 Å². The highest BCUT2D eigenvalue weighted by atomic mass is 16.2. The molecule has 1 unspecified atom stereocenters. The molecule has 6 heteroatoms. The van der Waals surface area contributed by atoms with Crippen molar-refractivity contribution in [2.75, 3.05) is 49.5 Å². The molecular weight excluding hydrogens is 448 g/mol. The van der Waals surface area contributed by atoms with E-state index in [4.69, 9.17) is 0 Å². The minimum absolute atomic E-state index is 0.0691. The van der Waals surface area contributed by atoms with Crippen molar-refractivity contribution in [1.82, 2.24) is 9.80 Å². The van der Waals surface area contributed by atoms with Crippen LogP contribution in [0.3, 0.4) is 0 Å². The first-order chi connectivity index (χ1) is 17.4. The Morgan fingerprint density at radius 1 is 0.944 bits per heavy atom. The molecule has 194 valence electrons. The molecule has 0 aromatic heterocycles. The van der Waals surface area contributed by atoms with E-state index in [-0.39, 0.29) is 11.8 Å². The van der Waals surface area contributed by atoms with Gasteiger partial charge in [-0.15, -0.1) is 0 Å². The van der Waals surface area contributed by atoms with Crippen LogP contribution in [0.1, 0.15) is 61.0 Å². The quantitative estimate of drug-likeness (QED) is 0.586. The Morgan fingerprint density at radius 3 is 2.28 bits per heavy atom. The summed E-state index contributed by atoms with van der Waals surface area (Å²) in [6, 6.07) is 14.7. The number of amides is 2. The normalized spacial score (nSPS) is 19.2. The summed E-state index contributed by atoms with van der Waals surface area (Å²) in [4.78, 5) is 32.6. The summed E-state index contributed by atoms with van der Waals surface area (Å²) in [5.74, 6) is 0.426. The standard InChI is InChI=1S/C30H42N4O2/c1-5-32(6-2)30(36)24-8-7-17-34(21-24)27-15-18-33(19-16-27)26-12-10-25(11-13-26)31-29(35)28-14-9-22(3)20-23(28)4/h9-14,20,24,27H,5-8,15-19,21H2,1-4H3,(H,31,35). The molecule has 2 aliphatic heterocycles. The summed E-state index contributed by atoms with van der Waals surface area (Å²) in [7, 11) is 0. The van der Waals surface area contributed by atoms with Crippen molar-refractivity contribution in [2.24, 2.45) is 5.92 Å². The number of piperidine rings is 2. The van der Waals surface area contributed by atoms with Crippen LogP contribution in [0.5, 0.6) is 0 Å². The number of nitrogens with zero attached hydrogens (tertiary/aromatic N) is 3. The van der Waals surface area contributed by atoms with Gasteiger partial charge in [-0.25, -0.2) is 0 Å². The molecule has 0 aliphatic carbocycles. The average Bonchev–Trinajstić information content (AvgIpc) is 2.90. The van der Waals surface area contributed by atoms with Gasteiger partial charge in [0, 0.05) is 55.7 Å². The Kier molecular flexibility index (Phi) is 8.68. The van der Waals surface area contributed by atoms with Gasteiger partial charge in [0.15, 0.2) is 0 Å². The summed E-state index contributed by atoms with van der Waals surface area (Å²) in [6.07, 6.45) is 4.39. The van der Waals surface area contributed by atoms with Gasteiger partial charge >= 0.3 is 0 Å². The maximum atomic E-state index is 12.9. The first-order valence-corrected chi connectivity index (χ1v) is 13.7. The number of hydrogen-bond donors (Lipinski definition) is 1. The number of carbonyl (C=O) groups is 2. The first-order valence-electron chi connectivity index (χ1n) is 13.7. The Bertz CT molecular complexity index is 1040. The van der Waals surface area contributed by atoms with Gasteiger partial charge < -0.3 is 15.1 Å². The largest absolute Gasteiger partial charge is 0.371 e. The van der Waals surface area contributed by atoms with Gasteiger partial charge in [0.2, 0.25) is 5.91 Å². The molecule has 2 aromatic carbocycles. The topological polar surface area (TPSA) is 55.9 Å². The number of benzene rings is 2. The fourth-order valence-electron chi connectivity index (χ4n) is 5.84. The molecule has 2 saturated heterocycles. The number of rotatable bonds is 7. The number of likely N-dealkylation sites (tertiary alicyclic amines) is 1. The lowest BCUT2D eigenvalue weighted by molar-refractivity contribution is -0.137. The van der Waals surface area contributed by atoms with Crippen LogP contribution in [0, 0.1) is 19.8 Å². The number of nitrogens with one attached hydrogen (secondary N) is 1. The van der Waals surface area contributed by atoms with Gasteiger partial charge in [-0.2, -0.15) is 0 Å². The molecule has 36 heavy (non-hydrogen) atoms. The van der Waals surface area contributed by atoms with Crippen LogP contribution in [0.15, 0.2) is 42.5 Å². The Labute approximate surface area is 216 Å². The number of aryl methyl sites for hydroxylation is 2. The zero-order valence-corrected chi connectivity index (χ0v) is 22.4. The van der Waals surface area contributed by atoms with Crippen LogP contribution in [-0.2, 0) is 4.79 Å². The third-order valence-corrected chi connectivity index (χ3v) is 7.97. The second kappa shape index (κ2) is 11.9. The smallest absolute Gasteiger partial charge is 0.255 e. The number of hydrogen-bond acceptors (Lipinski definition) is 4. The third kappa shape index (κ3) is 6.09. The van der Waals surface area contributed by atoms with Gasteiger partial charge in [-0.3, -0.25) is 14.5 Å². The van der Waals surface area contributed by atoms with E-state index in [1.807, 2.05) is 49.1 Å². The van der Waals surface area contributed by atoms with Crippen LogP contribution in [0.4, 0.5) is 11.4 Å². The molecule has 2 aromatic rings. The van der Waals surface area contributed by atoms with Crippen molar-refractivity contribution >= 4 is 23.2 Å². The van der Waals surface area contributed by atoms with Crippen molar-refractivity contribution < 1.29 is 9.59 Å². The van der Waals surface area contributed by atoms with Gasteiger partial charge in [-0.05, 0) is 95.8 Å². The SMILES string of the molecule is CCN(CC)C(=O)C1CCCN(C2CCN(c3ccc(NC(=O)c4ccc(C)cc4C)cc3)CC2)C1. The second-order valence-corrected chi connectivity index (χ2v) is 10.4. The zero-order valence-electron chi connectivity index (χ0n) is 22.4. The van der Waals surface area contributed by atoms with Crippen molar-refractivity contribution in [3.05, 3.63) is 59.2 Å².